The minimum absolute atomic E-state index is 0.393. The molecule has 0 aliphatic carbocycles. The molecule has 0 saturated carbocycles. The summed E-state index contributed by atoms with van der Waals surface area (Å²) in [5.74, 6) is 1.99. The quantitative estimate of drug-likeness (QED) is 0.817. The van der Waals surface area contributed by atoms with E-state index in [1.807, 2.05) is 25.1 Å². The summed E-state index contributed by atoms with van der Waals surface area (Å²) >= 11 is 0. The predicted molar refractivity (Wildman–Crippen MR) is 81.9 cm³/mol. The predicted octanol–water partition coefficient (Wildman–Crippen LogP) is 2.88. The molecule has 0 spiro atoms. The van der Waals surface area contributed by atoms with Crippen molar-refractivity contribution in [2.75, 3.05) is 19.0 Å². The van der Waals surface area contributed by atoms with Crippen LogP contribution in [0.5, 0.6) is 5.75 Å². The number of anilines is 2. The molecule has 1 heterocycles. The van der Waals surface area contributed by atoms with Crippen LogP contribution in [0.2, 0.25) is 0 Å². The van der Waals surface area contributed by atoms with Crippen molar-refractivity contribution in [1.29, 1.82) is 0 Å². The first kappa shape index (κ1) is 15.3. The van der Waals surface area contributed by atoms with Gasteiger partial charge in [-0.25, -0.2) is 0 Å². The van der Waals surface area contributed by atoms with E-state index in [4.69, 9.17) is 9.15 Å². The summed E-state index contributed by atoms with van der Waals surface area (Å²) in [5.41, 5.74) is 1.97. The van der Waals surface area contributed by atoms with Crippen LogP contribution in [-0.2, 0) is 6.54 Å². The lowest BCUT2D eigenvalue weighted by Gasteiger charge is -2.07. The fourth-order valence-electron chi connectivity index (χ4n) is 1.86. The maximum atomic E-state index is 5.55. The Kier molecular flexibility index (Phi) is 5.16. The molecule has 2 aromatic rings. The van der Waals surface area contributed by atoms with Crippen LogP contribution < -0.4 is 15.4 Å². The van der Waals surface area contributed by atoms with Crippen LogP contribution in [0.15, 0.2) is 22.6 Å². The van der Waals surface area contributed by atoms with Crippen molar-refractivity contribution in [2.45, 2.75) is 27.3 Å². The highest BCUT2D eigenvalue weighted by molar-refractivity contribution is 5.58. The highest BCUT2D eigenvalue weighted by atomic mass is 16.5. The van der Waals surface area contributed by atoms with E-state index in [1.165, 1.54) is 0 Å². The van der Waals surface area contributed by atoms with E-state index in [2.05, 4.69) is 34.7 Å². The van der Waals surface area contributed by atoms with Crippen molar-refractivity contribution in [3.8, 4) is 5.75 Å². The normalized spacial score (nSPS) is 10.9. The molecule has 0 aliphatic rings. The van der Waals surface area contributed by atoms with E-state index in [0.29, 0.717) is 24.4 Å². The van der Waals surface area contributed by atoms with Crippen molar-refractivity contribution < 1.29 is 9.15 Å². The van der Waals surface area contributed by atoms with Crippen LogP contribution in [0.1, 0.15) is 25.3 Å². The Bertz CT molecular complexity index is 581. The average molecular weight is 290 g/mol. The molecular weight excluding hydrogens is 268 g/mol. The number of methoxy groups -OCH3 is 1. The Labute approximate surface area is 124 Å². The van der Waals surface area contributed by atoms with Crippen LogP contribution in [0.4, 0.5) is 11.7 Å². The highest BCUT2D eigenvalue weighted by Crippen LogP contribution is 2.23. The number of ether oxygens (including phenoxy) is 1. The van der Waals surface area contributed by atoms with E-state index in [0.717, 1.165) is 23.5 Å². The highest BCUT2D eigenvalue weighted by Gasteiger charge is 2.08. The lowest BCUT2D eigenvalue weighted by molar-refractivity contribution is 0.414. The third-order valence-corrected chi connectivity index (χ3v) is 2.97. The van der Waals surface area contributed by atoms with Gasteiger partial charge in [0.15, 0.2) is 0 Å². The van der Waals surface area contributed by atoms with Gasteiger partial charge >= 0.3 is 6.01 Å². The van der Waals surface area contributed by atoms with E-state index in [1.54, 1.807) is 7.11 Å². The van der Waals surface area contributed by atoms with Crippen molar-refractivity contribution >= 4 is 11.7 Å². The van der Waals surface area contributed by atoms with Crippen LogP contribution in [0.25, 0.3) is 0 Å². The Morgan fingerprint density at radius 1 is 1.29 bits per heavy atom. The zero-order valence-electron chi connectivity index (χ0n) is 12.9. The molecule has 6 heteroatoms. The molecule has 2 rings (SSSR count). The minimum atomic E-state index is 0.393. The standard InChI is InChI=1S/C15H22N4O2/c1-10(2)8-16-9-14-18-19-15(21-14)17-13-6-5-12(20-4)7-11(13)3/h5-7,10,16H,8-9H2,1-4H3,(H,17,19). The minimum Gasteiger partial charge on any atom is -0.497 e. The van der Waals surface area contributed by atoms with Gasteiger partial charge in [0.2, 0.25) is 5.89 Å². The first-order chi connectivity index (χ1) is 10.1. The number of aromatic nitrogens is 2. The van der Waals surface area contributed by atoms with Gasteiger partial charge in [-0.2, -0.15) is 0 Å². The van der Waals surface area contributed by atoms with Crippen molar-refractivity contribution in [3.05, 3.63) is 29.7 Å². The molecule has 0 bridgehead atoms. The van der Waals surface area contributed by atoms with Gasteiger partial charge in [-0.15, -0.1) is 5.10 Å². The van der Waals surface area contributed by atoms with Crippen molar-refractivity contribution in [1.82, 2.24) is 15.5 Å². The second kappa shape index (κ2) is 7.08. The maximum absolute atomic E-state index is 5.55. The van der Waals surface area contributed by atoms with Crippen LogP contribution >= 0.6 is 0 Å². The third kappa shape index (κ3) is 4.46. The molecule has 21 heavy (non-hydrogen) atoms. The fourth-order valence-corrected chi connectivity index (χ4v) is 1.86. The summed E-state index contributed by atoms with van der Waals surface area (Å²) in [7, 11) is 1.65. The third-order valence-electron chi connectivity index (χ3n) is 2.97. The maximum Gasteiger partial charge on any atom is 0.320 e. The van der Waals surface area contributed by atoms with Crippen LogP contribution in [0, 0.1) is 12.8 Å². The van der Waals surface area contributed by atoms with Gasteiger partial charge < -0.3 is 19.8 Å². The Hall–Kier alpha value is -2.08. The molecule has 0 aliphatic heterocycles. The Balaban J connectivity index is 1.96. The molecule has 2 N–H and O–H groups in total. The van der Waals surface area contributed by atoms with Gasteiger partial charge in [0.05, 0.1) is 13.7 Å². The van der Waals surface area contributed by atoms with Crippen molar-refractivity contribution in [3.63, 3.8) is 0 Å². The first-order valence-corrected chi connectivity index (χ1v) is 7.03. The summed E-state index contributed by atoms with van der Waals surface area (Å²) in [5, 5.41) is 14.4. The lowest BCUT2D eigenvalue weighted by atomic mass is 10.2. The second-order valence-electron chi connectivity index (χ2n) is 5.33. The van der Waals surface area contributed by atoms with Gasteiger partial charge in [0, 0.05) is 5.69 Å². The zero-order chi connectivity index (χ0) is 15.2. The molecule has 0 amide bonds. The Morgan fingerprint density at radius 2 is 2.10 bits per heavy atom. The average Bonchev–Trinajstić information content (AvgIpc) is 2.88. The van der Waals surface area contributed by atoms with Gasteiger partial charge in [0.25, 0.3) is 0 Å². The van der Waals surface area contributed by atoms with Gasteiger partial charge in [-0.05, 0) is 43.1 Å². The molecule has 0 unspecified atom stereocenters. The fraction of sp³-hybridized carbons (Fsp3) is 0.467. The lowest BCUT2D eigenvalue weighted by Crippen LogP contribution is -2.19. The molecule has 6 nitrogen and oxygen atoms in total. The van der Waals surface area contributed by atoms with Gasteiger partial charge in [0.1, 0.15) is 5.75 Å². The molecule has 0 fully saturated rings. The molecule has 1 aromatic carbocycles. The number of benzene rings is 1. The topological polar surface area (TPSA) is 72.2 Å². The Morgan fingerprint density at radius 3 is 2.76 bits per heavy atom. The number of nitrogens with one attached hydrogen (secondary N) is 2. The van der Waals surface area contributed by atoms with Gasteiger partial charge in [-0.3, -0.25) is 0 Å². The van der Waals surface area contributed by atoms with E-state index >= 15 is 0 Å². The number of rotatable bonds is 7. The molecular formula is C15H22N4O2. The summed E-state index contributed by atoms with van der Waals surface area (Å²) in [6.45, 7) is 7.80. The summed E-state index contributed by atoms with van der Waals surface area (Å²) in [4.78, 5) is 0. The number of hydrogen-bond acceptors (Lipinski definition) is 6. The van der Waals surface area contributed by atoms with E-state index < -0.39 is 0 Å². The summed E-state index contributed by atoms with van der Waals surface area (Å²) in [6, 6.07) is 6.15. The van der Waals surface area contributed by atoms with Crippen molar-refractivity contribution in [2.24, 2.45) is 5.92 Å². The van der Waals surface area contributed by atoms with Crippen LogP contribution in [0.3, 0.4) is 0 Å². The van der Waals surface area contributed by atoms with E-state index in [-0.39, 0.29) is 0 Å². The van der Waals surface area contributed by atoms with Crippen LogP contribution in [-0.4, -0.2) is 23.9 Å². The molecule has 0 atom stereocenters. The molecule has 0 radical (unpaired) electrons. The zero-order valence-corrected chi connectivity index (χ0v) is 12.9. The largest absolute Gasteiger partial charge is 0.497 e. The number of hydrogen-bond donors (Lipinski definition) is 2. The second-order valence-corrected chi connectivity index (χ2v) is 5.33. The number of aryl methyl sites for hydroxylation is 1. The monoisotopic (exact) mass is 290 g/mol. The molecule has 114 valence electrons. The number of nitrogens with zero attached hydrogens (tertiary/aromatic N) is 2. The summed E-state index contributed by atoms with van der Waals surface area (Å²) in [6.07, 6.45) is 0. The first-order valence-electron chi connectivity index (χ1n) is 7.03. The molecule has 0 saturated heterocycles. The summed E-state index contributed by atoms with van der Waals surface area (Å²) < 4.78 is 10.7. The SMILES string of the molecule is COc1ccc(Nc2nnc(CNCC(C)C)o2)c(C)c1. The molecule has 1 aromatic heterocycles. The smallest absolute Gasteiger partial charge is 0.320 e. The van der Waals surface area contributed by atoms with E-state index in [9.17, 15) is 0 Å². The van der Waals surface area contributed by atoms with Gasteiger partial charge in [-0.1, -0.05) is 18.9 Å².